The van der Waals surface area contributed by atoms with Crippen LogP contribution in [-0.4, -0.2) is 49.5 Å². The molecule has 1 aromatic rings. The summed E-state index contributed by atoms with van der Waals surface area (Å²) in [5.41, 5.74) is 1.02. The molecule has 1 amide bonds. The van der Waals surface area contributed by atoms with Crippen LogP contribution in [-0.2, 0) is 25.5 Å². The van der Waals surface area contributed by atoms with Gasteiger partial charge in [-0.05, 0) is 12.0 Å². The summed E-state index contributed by atoms with van der Waals surface area (Å²) in [6.07, 6.45) is 0.768. The number of carbonyl (C=O) groups excluding carboxylic acids is 1. The van der Waals surface area contributed by atoms with Crippen LogP contribution in [0, 0.1) is 0 Å². The van der Waals surface area contributed by atoms with Gasteiger partial charge in [-0.3, -0.25) is 9.63 Å². The fourth-order valence-corrected chi connectivity index (χ4v) is 2.44. The van der Waals surface area contributed by atoms with Gasteiger partial charge in [0.05, 0.1) is 26.9 Å². The average Bonchev–Trinajstić information content (AvgIpc) is 3.02. The number of rotatable bonds is 7. The molecule has 1 aliphatic rings. The van der Waals surface area contributed by atoms with Crippen LogP contribution < -0.4 is 0 Å². The second-order valence-corrected chi connectivity index (χ2v) is 5.27. The Labute approximate surface area is 129 Å². The predicted octanol–water partition coefficient (Wildman–Crippen LogP) is 1.99. The third-order valence-electron chi connectivity index (χ3n) is 3.25. The van der Waals surface area contributed by atoms with Crippen molar-refractivity contribution < 1.29 is 19.1 Å². The number of nitrogens with zero attached hydrogens (tertiary/aromatic N) is 1. The lowest BCUT2D eigenvalue weighted by molar-refractivity contribution is -0.180. The fraction of sp³-hybridized carbons (Fsp3) is 0.533. The molecule has 0 saturated carbocycles. The molecular formula is C15H20ClNO4. The summed E-state index contributed by atoms with van der Waals surface area (Å²) in [7, 11) is 1.46. The van der Waals surface area contributed by atoms with Crippen LogP contribution in [0.3, 0.4) is 0 Å². The van der Waals surface area contributed by atoms with Crippen LogP contribution in [0.2, 0.25) is 0 Å². The Bertz CT molecular complexity index is 437. The zero-order valence-electron chi connectivity index (χ0n) is 12.0. The van der Waals surface area contributed by atoms with Crippen molar-refractivity contribution in [3.05, 3.63) is 35.9 Å². The lowest BCUT2D eigenvalue weighted by atomic mass is 10.1. The summed E-state index contributed by atoms with van der Waals surface area (Å²) in [6, 6.07) is 9.66. The summed E-state index contributed by atoms with van der Waals surface area (Å²) in [5, 5.41) is 0.615. The lowest BCUT2D eigenvalue weighted by Crippen LogP contribution is -2.38. The molecule has 21 heavy (non-hydrogen) atoms. The number of alkyl halides is 1. The van der Waals surface area contributed by atoms with Crippen LogP contribution in [0.5, 0.6) is 0 Å². The van der Waals surface area contributed by atoms with Crippen LogP contribution >= 0.6 is 11.6 Å². The first-order valence-electron chi connectivity index (χ1n) is 6.97. The molecule has 0 bridgehead atoms. The molecule has 0 spiro atoms. The second-order valence-electron chi connectivity index (χ2n) is 4.74. The number of amides is 1. The van der Waals surface area contributed by atoms with Gasteiger partial charge in [0.15, 0.2) is 6.29 Å². The molecule has 5 nitrogen and oxygen atoms in total. The van der Waals surface area contributed by atoms with Crippen molar-refractivity contribution in [2.24, 2.45) is 0 Å². The Morgan fingerprint density at radius 1 is 1.38 bits per heavy atom. The number of hydrogen-bond donors (Lipinski definition) is 0. The van der Waals surface area contributed by atoms with E-state index in [0.29, 0.717) is 32.6 Å². The maximum atomic E-state index is 12.3. The number of hydroxylamine groups is 2. The molecular weight excluding hydrogens is 294 g/mol. The summed E-state index contributed by atoms with van der Waals surface area (Å²) < 4.78 is 10.7. The molecule has 0 aliphatic carbocycles. The van der Waals surface area contributed by atoms with E-state index in [0.717, 1.165) is 5.56 Å². The molecule has 6 heteroatoms. The van der Waals surface area contributed by atoms with Gasteiger partial charge in [0, 0.05) is 6.42 Å². The van der Waals surface area contributed by atoms with E-state index in [9.17, 15) is 4.79 Å². The first-order valence-corrected chi connectivity index (χ1v) is 7.41. The fourth-order valence-electron chi connectivity index (χ4n) is 2.15. The van der Waals surface area contributed by atoms with Crippen LogP contribution in [0.4, 0.5) is 0 Å². The zero-order valence-corrected chi connectivity index (χ0v) is 12.8. The Morgan fingerprint density at radius 2 is 2.05 bits per heavy atom. The Morgan fingerprint density at radius 3 is 2.67 bits per heavy atom. The van der Waals surface area contributed by atoms with Gasteiger partial charge >= 0.3 is 0 Å². The normalized spacial score (nSPS) is 16.9. The Balaban J connectivity index is 1.83. The minimum absolute atomic E-state index is 0.249. The Hall–Kier alpha value is -1.14. The summed E-state index contributed by atoms with van der Waals surface area (Å²) in [6.45, 7) is 1.58. The van der Waals surface area contributed by atoms with Crippen molar-refractivity contribution in [2.75, 3.05) is 26.9 Å². The number of benzene rings is 1. The third kappa shape index (κ3) is 4.97. The largest absolute Gasteiger partial charge is 0.350 e. The maximum absolute atomic E-state index is 12.3. The minimum atomic E-state index is -0.655. The summed E-state index contributed by atoms with van der Waals surface area (Å²) in [4.78, 5) is 17.4. The van der Waals surface area contributed by atoms with E-state index in [1.807, 2.05) is 30.3 Å². The second kappa shape index (κ2) is 8.34. The molecule has 0 N–H and O–H groups in total. The molecule has 0 aromatic heterocycles. The molecule has 1 unspecified atom stereocenters. The highest BCUT2D eigenvalue weighted by Gasteiger charge is 2.25. The third-order valence-corrected chi connectivity index (χ3v) is 3.59. The SMILES string of the molecule is CON(CCC1OCCO1)C(=O)C(Cl)Cc1ccccc1. The van der Waals surface area contributed by atoms with Gasteiger partial charge < -0.3 is 9.47 Å². The van der Waals surface area contributed by atoms with Gasteiger partial charge in [-0.25, -0.2) is 5.06 Å². The monoisotopic (exact) mass is 313 g/mol. The van der Waals surface area contributed by atoms with E-state index < -0.39 is 5.38 Å². The van der Waals surface area contributed by atoms with Crippen LogP contribution in [0.1, 0.15) is 12.0 Å². The number of ether oxygens (including phenoxy) is 2. The summed E-state index contributed by atoms with van der Waals surface area (Å²) >= 11 is 6.20. The molecule has 1 fully saturated rings. The highest BCUT2D eigenvalue weighted by Crippen LogP contribution is 2.14. The van der Waals surface area contributed by atoms with E-state index in [-0.39, 0.29) is 12.2 Å². The van der Waals surface area contributed by atoms with Crippen molar-refractivity contribution in [1.29, 1.82) is 0 Å². The van der Waals surface area contributed by atoms with E-state index in [1.54, 1.807) is 0 Å². The summed E-state index contributed by atoms with van der Waals surface area (Å²) in [5.74, 6) is -0.249. The van der Waals surface area contributed by atoms with Gasteiger partial charge in [0.2, 0.25) is 0 Å². The Kier molecular flexibility index (Phi) is 6.45. The van der Waals surface area contributed by atoms with Gasteiger partial charge in [-0.2, -0.15) is 0 Å². The average molecular weight is 314 g/mol. The molecule has 116 valence electrons. The molecule has 1 heterocycles. The molecule has 1 saturated heterocycles. The smallest absolute Gasteiger partial charge is 0.264 e. The number of halogens is 1. The molecule has 0 radical (unpaired) electrons. The molecule has 2 rings (SSSR count). The first kappa shape index (κ1) is 16.2. The van der Waals surface area contributed by atoms with Crippen molar-refractivity contribution in [3.63, 3.8) is 0 Å². The standard InChI is InChI=1S/C15H20ClNO4/c1-19-17(8-7-14-20-9-10-21-14)15(18)13(16)11-12-5-3-2-4-6-12/h2-6,13-14H,7-11H2,1H3. The van der Waals surface area contributed by atoms with Gasteiger partial charge in [0.25, 0.3) is 5.91 Å². The number of hydrogen-bond acceptors (Lipinski definition) is 4. The van der Waals surface area contributed by atoms with Crippen molar-refractivity contribution in [2.45, 2.75) is 24.5 Å². The van der Waals surface area contributed by atoms with Crippen molar-refractivity contribution >= 4 is 17.5 Å². The van der Waals surface area contributed by atoms with Crippen LogP contribution in [0.25, 0.3) is 0 Å². The zero-order chi connectivity index (χ0) is 15.1. The molecule has 1 aromatic carbocycles. The quantitative estimate of drug-likeness (QED) is 0.570. The minimum Gasteiger partial charge on any atom is -0.350 e. The highest BCUT2D eigenvalue weighted by atomic mass is 35.5. The molecule has 1 aliphatic heterocycles. The van der Waals surface area contributed by atoms with Gasteiger partial charge in [0.1, 0.15) is 5.38 Å². The van der Waals surface area contributed by atoms with Gasteiger partial charge in [-0.15, -0.1) is 11.6 Å². The van der Waals surface area contributed by atoms with E-state index in [1.165, 1.54) is 12.2 Å². The topological polar surface area (TPSA) is 48.0 Å². The maximum Gasteiger partial charge on any atom is 0.264 e. The highest BCUT2D eigenvalue weighted by molar-refractivity contribution is 6.30. The van der Waals surface area contributed by atoms with Crippen molar-refractivity contribution in [3.8, 4) is 0 Å². The predicted molar refractivity (Wildman–Crippen MR) is 78.8 cm³/mol. The number of carbonyl (C=O) groups is 1. The van der Waals surface area contributed by atoms with E-state index in [4.69, 9.17) is 25.9 Å². The van der Waals surface area contributed by atoms with Crippen LogP contribution in [0.15, 0.2) is 30.3 Å². The first-order chi connectivity index (χ1) is 10.2. The van der Waals surface area contributed by atoms with Crippen molar-refractivity contribution in [1.82, 2.24) is 5.06 Å². The van der Waals surface area contributed by atoms with E-state index in [2.05, 4.69) is 0 Å². The van der Waals surface area contributed by atoms with Gasteiger partial charge in [-0.1, -0.05) is 30.3 Å². The van der Waals surface area contributed by atoms with E-state index >= 15 is 0 Å². The molecule has 1 atom stereocenters. The lowest BCUT2D eigenvalue weighted by Gasteiger charge is -2.23.